The summed E-state index contributed by atoms with van der Waals surface area (Å²) in [6.07, 6.45) is 1.53. The molecule has 9 heteroatoms. The molecule has 2 aromatic rings. The van der Waals surface area contributed by atoms with Gasteiger partial charge >= 0.3 is 7.82 Å². The third-order valence-corrected chi connectivity index (χ3v) is 12.8. The van der Waals surface area contributed by atoms with Gasteiger partial charge in [0.25, 0.3) is 8.32 Å². The maximum atomic E-state index is 13.4. The fourth-order valence-electron chi connectivity index (χ4n) is 3.50. The van der Waals surface area contributed by atoms with Crippen LogP contribution < -0.4 is 9.16 Å². The van der Waals surface area contributed by atoms with Crippen LogP contribution in [0.1, 0.15) is 68.7 Å². The second kappa shape index (κ2) is 12.2. The van der Waals surface area contributed by atoms with Gasteiger partial charge in [-0.25, -0.2) is 4.57 Å². The summed E-state index contributed by atoms with van der Waals surface area (Å²) < 4.78 is 42.9. The van der Waals surface area contributed by atoms with E-state index in [4.69, 9.17) is 22.7 Å². The van der Waals surface area contributed by atoms with Crippen molar-refractivity contribution in [2.24, 2.45) is 0 Å². The monoisotopic (exact) mass is 537 g/mol. The predicted octanol–water partition coefficient (Wildman–Crippen LogP) is 7.88. The van der Waals surface area contributed by atoms with Crippen molar-refractivity contribution in [3.8, 4) is 11.5 Å². The summed E-state index contributed by atoms with van der Waals surface area (Å²) >= 11 is 0. The summed E-state index contributed by atoms with van der Waals surface area (Å²) in [4.78, 5) is 4.58. The van der Waals surface area contributed by atoms with Gasteiger partial charge in [0.15, 0.2) is 5.75 Å². The first kappa shape index (κ1) is 30.5. The van der Waals surface area contributed by atoms with Crippen LogP contribution in [0.3, 0.4) is 0 Å². The highest BCUT2D eigenvalue weighted by Gasteiger charge is 2.40. The van der Waals surface area contributed by atoms with Gasteiger partial charge in [0.2, 0.25) is 0 Å². The van der Waals surface area contributed by atoms with Gasteiger partial charge in [0.05, 0.1) is 20.3 Å². The number of pyridine rings is 1. The van der Waals surface area contributed by atoms with Crippen molar-refractivity contribution < 1.29 is 27.3 Å². The highest BCUT2D eigenvalue weighted by molar-refractivity contribution is 7.48. The first-order chi connectivity index (χ1) is 16.7. The fourth-order valence-corrected chi connectivity index (χ4v) is 5.92. The minimum Gasteiger partial charge on any atom is -0.541 e. The molecule has 0 fully saturated rings. The number of benzene rings is 1. The molecule has 1 aromatic heterocycles. The van der Waals surface area contributed by atoms with Crippen LogP contribution in [0.25, 0.3) is 0 Å². The van der Waals surface area contributed by atoms with Crippen LogP contribution in [-0.4, -0.2) is 33.6 Å². The number of phosphoric ester groups is 1. The largest absolute Gasteiger partial charge is 0.541 e. The Morgan fingerprint density at radius 2 is 1.64 bits per heavy atom. The first-order valence-electron chi connectivity index (χ1n) is 12.5. The molecule has 0 spiro atoms. The Labute approximate surface area is 218 Å². The van der Waals surface area contributed by atoms with Gasteiger partial charge in [-0.05, 0) is 93.2 Å². The molecule has 0 aliphatic carbocycles. The van der Waals surface area contributed by atoms with Crippen molar-refractivity contribution >= 4 is 16.1 Å². The number of phosphoric acid groups is 1. The maximum absolute atomic E-state index is 13.4. The highest BCUT2D eigenvalue weighted by atomic mass is 31.2. The zero-order chi connectivity index (χ0) is 27.3. The lowest BCUT2D eigenvalue weighted by atomic mass is 9.98. The van der Waals surface area contributed by atoms with Crippen LogP contribution in [0.2, 0.25) is 18.1 Å². The fraction of sp³-hybridized carbons (Fsp3) is 0.593. The third kappa shape index (κ3) is 7.42. The molecule has 1 atom stereocenters. The highest BCUT2D eigenvalue weighted by Crippen LogP contribution is 2.54. The Morgan fingerprint density at radius 1 is 1.03 bits per heavy atom. The predicted molar refractivity (Wildman–Crippen MR) is 148 cm³/mol. The topological polar surface area (TPSA) is 76.1 Å². The minimum atomic E-state index is -3.80. The second-order valence-corrected chi connectivity index (χ2v) is 16.9. The molecule has 0 aliphatic heterocycles. The molecule has 7 nitrogen and oxygen atoms in total. The smallest absolute Gasteiger partial charge is 0.475 e. The number of methoxy groups -OCH3 is 1. The van der Waals surface area contributed by atoms with E-state index in [0.717, 1.165) is 33.7 Å². The van der Waals surface area contributed by atoms with Crippen molar-refractivity contribution in [1.29, 1.82) is 0 Å². The van der Waals surface area contributed by atoms with Gasteiger partial charge in [-0.15, -0.1) is 0 Å². The van der Waals surface area contributed by atoms with E-state index in [0.29, 0.717) is 12.2 Å². The number of nitrogens with zero attached hydrogens (tertiary/aromatic N) is 1. The van der Waals surface area contributed by atoms with Gasteiger partial charge in [-0.1, -0.05) is 20.8 Å². The number of ether oxygens (including phenoxy) is 1. The van der Waals surface area contributed by atoms with Gasteiger partial charge in [0, 0.05) is 18.3 Å². The summed E-state index contributed by atoms with van der Waals surface area (Å²) in [7, 11) is -4.28. The molecule has 0 bridgehead atoms. The van der Waals surface area contributed by atoms with Crippen molar-refractivity contribution in [3.63, 3.8) is 0 Å². The van der Waals surface area contributed by atoms with Crippen LogP contribution in [0.5, 0.6) is 11.5 Å². The molecule has 1 aromatic carbocycles. The lowest BCUT2D eigenvalue weighted by molar-refractivity contribution is 0.0828. The molecule has 0 saturated heterocycles. The molecule has 0 radical (unpaired) electrons. The molecule has 36 heavy (non-hydrogen) atoms. The molecule has 0 amide bonds. The molecule has 0 saturated carbocycles. The third-order valence-electron chi connectivity index (χ3n) is 6.81. The molecule has 1 heterocycles. The molecule has 202 valence electrons. The first-order valence-corrected chi connectivity index (χ1v) is 16.9. The van der Waals surface area contributed by atoms with Crippen LogP contribution in [0.15, 0.2) is 24.4 Å². The van der Waals surface area contributed by atoms with Gasteiger partial charge < -0.3 is 9.16 Å². The lowest BCUT2D eigenvalue weighted by Gasteiger charge is -2.37. The summed E-state index contributed by atoms with van der Waals surface area (Å²) in [5, 5.41) is 0.0325. The zero-order valence-electron chi connectivity index (χ0n) is 23.9. The molecule has 1 unspecified atom stereocenters. The SMILES string of the molecule is CCOP(=O)(OCC)OC(Cc1nccc(C)c1C)c1cc(C)c(O[Si](C)(C)C(C)(C)C)c(OC)c1. The van der Waals surface area contributed by atoms with Gasteiger partial charge in [-0.2, -0.15) is 0 Å². The van der Waals surface area contributed by atoms with E-state index < -0.39 is 22.2 Å². The Kier molecular flexibility index (Phi) is 10.4. The summed E-state index contributed by atoms with van der Waals surface area (Å²) in [6.45, 7) is 21.0. The minimum absolute atomic E-state index is 0.0325. The molecule has 0 N–H and O–H groups in total. The van der Waals surface area contributed by atoms with Crippen LogP contribution in [0, 0.1) is 20.8 Å². The summed E-state index contributed by atoms with van der Waals surface area (Å²) in [6, 6.07) is 5.87. The Morgan fingerprint density at radius 3 is 2.17 bits per heavy atom. The Bertz CT molecular complexity index is 1070. The standard InChI is InChI=1S/C27H44NO6PSi/c1-12-31-35(29,32-13-2)33-24(18-23-21(5)19(3)14-15-28-23)22-16-20(4)26(25(17-22)30-9)34-36(10,11)27(6,7)8/h14-17,24H,12-13,18H2,1-11H3. The number of aromatic nitrogens is 1. The van der Waals surface area contributed by atoms with Gasteiger partial charge in [-0.3, -0.25) is 18.6 Å². The molecule has 0 aliphatic rings. The summed E-state index contributed by atoms with van der Waals surface area (Å²) in [5.41, 5.74) is 4.75. The maximum Gasteiger partial charge on any atom is 0.475 e. The van der Waals surface area contributed by atoms with E-state index in [1.54, 1.807) is 27.2 Å². The lowest BCUT2D eigenvalue weighted by Crippen LogP contribution is -2.44. The Hall–Kier alpha value is -1.70. The second-order valence-electron chi connectivity index (χ2n) is 10.5. The summed E-state index contributed by atoms with van der Waals surface area (Å²) in [5.74, 6) is 1.34. The average molecular weight is 538 g/mol. The zero-order valence-corrected chi connectivity index (χ0v) is 25.7. The van der Waals surface area contributed by atoms with Crippen LogP contribution in [-0.2, 0) is 24.6 Å². The number of rotatable bonds is 12. The van der Waals surface area contributed by atoms with Gasteiger partial charge in [0.1, 0.15) is 11.9 Å². The quantitative estimate of drug-likeness (QED) is 0.201. The van der Waals surface area contributed by atoms with E-state index in [1.807, 2.05) is 39.0 Å². The average Bonchev–Trinajstić information content (AvgIpc) is 2.77. The number of hydrogen-bond donors (Lipinski definition) is 0. The van der Waals surface area contributed by atoms with Crippen molar-refractivity contribution in [2.45, 2.75) is 86.0 Å². The molecular formula is C27H44NO6PSi. The van der Waals surface area contributed by atoms with E-state index in [2.05, 4.69) is 38.8 Å². The van der Waals surface area contributed by atoms with Crippen molar-refractivity contribution in [2.75, 3.05) is 20.3 Å². The number of aryl methyl sites for hydroxylation is 2. The van der Waals surface area contributed by atoms with Crippen molar-refractivity contribution in [3.05, 3.63) is 52.3 Å². The van der Waals surface area contributed by atoms with E-state index in [1.165, 1.54) is 0 Å². The Balaban J connectivity index is 2.60. The number of hydrogen-bond acceptors (Lipinski definition) is 7. The van der Waals surface area contributed by atoms with Crippen LogP contribution >= 0.6 is 7.82 Å². The molecule has 2 rings (SSSR count). The normalized spacial score (nSPS) is 13.5. The van der Waals surface area contributed by atoms with Crippen LogP contribution in [0.4, 0.5) is 0 Å². The van der Waals surface area contributed by atoms with E-state index in [-0.39, 0.29) is 18.3 Å². The van der Waals surface area contributed by atoms with E-state index in [9.17, 15) is 4.57 Å². The molecular weight excluding hydrogens is 493 g/mol. The van der Waals surface area contributed by atoms with Crippen molar-refractivity contribution in [1.82, 2.24) is 4.98 Å². The van der Waals surface area contributed by atoms with E-state index >= 15 is 0 Å².